The molecule has 130 valence electrons. The zero-order chi connectivity index (χ0) is 17.5. The van der Waals surface area contributed by atoms with Crippen molar-refractivity contribution in [2.45, 2.75) is 13.5 Å². The van der Waals surface area contributed by atoms with Crippen LogP contribution in [0, 0.1) is 0 Å². The molecule has 6 heteroatoms. The average molecular weight is 356 g/mol. The molecular weight excluding hydrogens is 336 g/mol. The van der Waals surface area contributed by atoms with E-state index in [1.54, 1.807) is 6.20 Å². The molecule has 0 unspecified atom stereocenters. The van der Waals surface area contributed by atoms with Gasteiger partial charge in [-0.05, 0) is 36.8 Å². The van der Waals surface area contributed by atoms with Gasteiger partial charge < -0.3 is 14.8 Å². The van der Waals surface area contributed by atoms with E-state index in [2.05, 4.69) is 10.3 Å². The number of amides is 1. The van der Waals surface area contributed by atoms with Crippen molar-refractivity contribution in [3.63, 3.8) is 0 Å². The third kappa shape index (κ3) is 4.78. The first-order valence-corrected chi connectivity index (χ1v) is 9.00. The molecule has 1 N–H and O–H groups in total. The highest BCUT2D eigenvalue weighted by atomic mass is 32.1. The van der Waals surface area contributed by atoms with Crippen LogP contribution in [0.25, 0.3) is 10.2 Å². The quantitative estimate of drug-likeness (QED) is 0.626. The van der Waals surface area contributed by atoms with Gasteiger partial charge in [0.05, 0.1) is 11.5 Å². The molecule has 1 amide bonds. The van der Waals surface area contributed by atoms with E-state index in [9.17, 15) is 4.79 Å². The summed E-state index contributed by atoms with van der Waals surface area (Å²) in [6.07, 6.45) is 1.73. The van der Waals surface area contributed by atoms with Crippen molar-refractivity contribution in [2.24, 2.45) is 0 Å². The third-order valence-corrected chi connectivity index (χ3v) is 4.63. The van der Waals surface area contributed by atoms with Crippen LogP contribution < -0.4 is 10.1 Å². The van der Waals surface area contributed by atoms with Gasteiger partial charge in [0, 0.05) is 24.7 Å². The Morgan fingerprint density at radius 2 is 2.12 bits per heavy atom. The highest BCUT2D eigenvalue weighted by Crippen LogP contribution is 2.23. The van der Waals surface area contributed by atoms with E-state index in [1.165, 1.54) is 11.3 Å². The van der Waals surface area contributed by atoms with Crippen molar-refractivity contribution in [1.82, 2.24) is 10.3 Å². The Morgan fingerprint density at radius 3 is 2.96 bits per heavy atom. The minimum atomic E-state index is -0.0920. The summed E-state index contributed by atoms with van der Waals surface area (Å²) in [4.78, 5) is 18.1. The molecule has 0 spiro atoms. The van der Waals surface area contributed by atoms with Gasteiger partial charge in [-0.25, -0.2) is 4.98 Å². The molecule has 0 aliphatic carbocycles. The first-order chi connectivity index (χ1) is 12.3. The zero-order valence-electron chi connectivity index (χ0n) is 14.0. The second-order valence-corrected chi connectivity index (χ2v) is 6.41. The Balaban J connectivity index is 1.56. The second-order valence-electron chi connectivity index (χ2n) is 5.38. The highest BCUT2D eigenvalue weighted by molar-refractivity contribution is 7.20. The summed E-state index contributed by atoms with van der Waals surface area (Å²) >= 11 is 1.40. The number of hydrogen-bond donors (Lipinski definition) is 1. The summed E-state index contributed by atoms with van der Waals surface area (Å²) in [5, 5.41) is 3.93. The van der Waals surface area contributed by atoms with Crippen LogP contribution >= 0.6 is 11.3 Å². The Kier molecular flexibility index (Phi) is 5.98. The van der Waals surface area contributed by atoms with Gasteiger partial charge in [0.1, 0.15) is 17.2 Å². The van der Waals surface area contributed by atoms with Crippen LogP contribution in [0.4, 0.5) is 0 Å². The summed E-state index contributed by atoms with van der Waals surface area (Å²) in [5.74, 6) is 0.684. The lowest BCUT2D eigenvalue weighted by Crippen LogP contribution is -2.21. The topological polar surface area (TPSA) is 60.5 Å². The summed E-state index contributed by atoms with van der Waals surface area (Å²) in [6.45, 7) is 4.16. The van der Waals surface area contributed by atoms with Gasteiger partial charge >= 0.3 is 0 Å². The number of fused-ring (bicyclic) bond motifs is 1. The smallest absolute Gasteiger partial charge is 0.261 e. The maximum atomic E-state index is 12.3. The molecule has 3 aromatic rings. The van der Waals surface area contributed by atoms with Crippen molar-refractivity contribution in [3.8, 4) is 5.75 Å². The number of hydrogen-bond acceptors (Lipinski definition) is 5. The number of thiophene rings is 1. The number of pyridine rings is 1. The molecule has 0 aliphatic heterocycles. The van der Waals surface area contributed by atoms with Gasteiger partial charge in [-0.3, -0.25) is 4.79 Å². The van der Waals surface area contributed by atoms with E-state index in [4.69, 9.17) is 9.47 Å². The standard InChI is InChI=1S/C19H20N2O3S/c1-2-23-9-10-24-16-7-3-5-14(11-16)13-21-18(22)17-12-15-6-4-8-20-19(15)25-17/h3-8,11-12H,2,9-10,13H2,1H3,(H,21,22). The number of carbonyl (C=O) groups is 1. The lowest BCUT2D eigenvalue weighted by atomic mass is 10.2. The van der Waals surface area contributed by atoms with Crippen LogP contribution in [-0.4, -0.2) is 30.7 Å². The number of aromatic nitrogens is 1. The monoisotopic (exact) mass is 356 g/mol. The molecule has 0 saturated carbocycles. The fourth-order valence-corrected chi connectivity index (χ4v) is 3.28. The largest absolute Gasteiger partial charge is 0.491 e. The third-order valence-electron chi connectivity index (χ3n) is 3.57. The molecule has 0 fully saturated rings. The van der Waals surface area contributed by atoms with Crippen LogP contribution in [0.5, 0.6) is 5.75 Å². The number of nitrogens with one attached hydrogen (secondary N) is 1. The van der Waals surface area contributed by atoms with Crippen molar-refractivity contribution < 1.29 is 14.3 Å². The molecule has 0 radical (unpaired) electrons. The molecule has 0 bridgehead atoms. The zero-order valence-corrected chi connectivity index (χ0v) is 14.8. The summed E-state index contributed by atoms with van der Waals surface area (Å²) in [7, 11) is 0. The Bertz CT molecular complexity index is 814. The van der Waals surface area contributed by atoms with E-state index >= 15 is 0 Å². The van der Waals surface area contributed by atoms with Crippen molar-refractivity contribution in [1.29, 1.82) is 0 Å². The van der Waals surface area contributed by atoms with Crippen LogP contribution in [0.2, 0.25) is 0 Å². The van der Waals surface area contributed by atoms with Crippen molar-refractivity contribution in [2.75, 3.05) is 19.8 Å². The summed E-state index contributed by atoms with van der Waals surface area (Å²) in [6, 6.07) is 13.4. The van der Waals surface area contributed by atoms with E-state index < -0.39 is 0 Å². The van der Waals surface area contributed by atoms with E-state index in [0.717, 1.165) is 21.5 Å². The minimum Gasteiger partial charge on any atom is -0.491 e. The average Bonchev–Trinajstić information content (AvgIpc) is 3.08. The van der Waals surface area contributed by atoms with E-state index in [0.29, 0.717) is 31.2 Å². The number of nitrogens with zero attached hydrogens (tertiary/aromatic N) is 1. The lowest BCUT2D eigenvalue weighted by molar-refractivity contribution is 0.0955. The fraction of sp³-hybridized carbons (Fsp3) is 0.263. The van der Waals surface area contributed by atoms with Crippen molar-refractivity contribution in [3.05, 3.63) is 59.1 Å². The van der Waals surface area contributed by atoms with Crippen molar-refractivity contribution >= 4 is 27.5 Å². The molecule has 1 aromatic carbocycles. The number of benzene rings is 1. The fourth-order valence-electron chi connectivity index (χ4n) is 2.36. The van der Waals surface area contributed by atoms with Gasteiger partial charge in [0.2, 0.25) is 0 Å². The first-order valence-electron chi connectivity index (χ1n) is 8.18. The molecule has 5 nitrogen and oxygen atoms in total. The summed E-state index contributed by atoms with van der Waals surface area (Å²) < 4.78 is 10.9. The molecule has 2 heterocycles. The molecule has 3 rings (SSSR count). The van der Waals surface area contributed by atoms with Gasteiger partial charge in [-0.15, -0.1) is 11.3 Å². The number of rotatable bonds is 8. The summed E-state index contributed by atoms with van der Waals surface area (Å²) in [5.41, 5.74) is 0.987. The molecule has 0 saturated heterocycles. The Hall–Kier alpha value is -2.44. The van der Waals surface area contributed by atoms with Gasteiger partial charge in [0.15, 0.2) is 0 Å². The highest BCUT2D eigenvalue weighted by Gasteiger charge is 2.10. The number of ether oxygens (including phenoxy) is 2. The SMILES string of the molecule is CCOCCOc1cccc(CNC(=O)c2cc3cccnc3s2)c1. The van der Waals surface area contributed by atoms with Crippen LogP contribution in [0.3, 0.4) is 0 Å². The minimum absolute atomic E-state index is 0.0920. The number of carbonyl (C=O) groups excluding carboxylic acids is 1. The molecule has 0 atom stereocenters. The van der Waals surface area contributed by atoms with Gasteiger partial charge in [-0.2, -0.15) is 0 Å². The molecular formula is C19H20N2O3S. The van der Waals surface area contributed by atoms with Crippen LogP contribution in [-0.2, 0) is 11.3 Å². The lowest BCUT2D eigenvalue weighted by Gasteiger charge is -2.08. The predicted octanol–water partition coefficient (Wildman–Crippen LogP) is 3.64. The predicted molar refractivity (Wildman–Crippen MR) is 99.2 cm³/mol. The normalized spacial score (nSPS) is 10.8. The first kappa shape index (κ1) is 17.4. The van der Waals surface area contributed by atoms with E-state index in [-0.39, 0.29) is 5.91 Å². The maximum Gasteiger partial charge on any atom is 0.261 e. The maximum absolute atomic E-state index is 12.3. The molecule has 25 heavy (non-hydrogen) atoms. The van der Waals surface area contributed by atoms with Crippen LogP contribution in [0.15, 0.2) is 48.7 Å². The van der Waals surface area contributed by atoms with E-state index in [1.807, 2.05) is 49.4 Å². The molecule has 2 aromatic heterocycles. The van der Waals surface area contributed by atoms with Crippen LogP contribution in [0.1, 0.15) is 22.2 Å². The molecule has 0 aliphatic rings. The Labute approximate surface area is 150 Å². The Morgan fingerprint density at radius 1 is 1.20 bits per heavy atom. The second kappa shape index (κ2) is 8.60. The van der Waals surface area contributed by atoms with Gasteiger partial charge in [0.25, 0.3) is 5.91 Å². The van der Waals surface area contributed by atoms with Gasteiger partial charge in [-0.1, -0.05) is 18.2 Å².